The van der Waals surface area contributed by atoms with E-state index in [1.54, 1.807) is 17.4 Å². The van der Waals surface area contributed by atoms with Crippen molar-refractivity contribution in [2.75, 3.05) is 13.2 Å². The van der Waals surface area contributed by atoms with Crippen molar-refractivity contribution in [3.63, 3.8) is 0 Å². The number of urea groups is 1. The van der Waals surface area contributed by atoms with E-state index in [9.17, 15) is 9.90 Å². The van der Waals surface area contributed by atoms with E-state index in [-0.39, 0.29) is 12.6 Å². The minimum Gasteiger partial charge on any atom is -0.457 e. The second-order valence-corrected chi connectivity index (χ2v) is 6.88. The lowest BCUT2D eigenvalue weighted by atomic mass is 10.2. The summed E-state index contributed by atoms with van der Waals surface area (Å²) in [6, 6.07) is 16.1. The number of aliphatic hydroxyl groups excluding tert-OH is 1. The molecule has 0 spiro atoms. The van der Waals surface area contributed by atoms with Crippen LogP contribution in [0.5, 0.6) is 11.5 Å². The van der Waals surface area contributed by atoms with Crippen molar-refractivity contribution < 1.29 is 14.6 Å². The molecule has 0 saturated carbocycles. The number of aliphatic hydroxyl groups is 1. The smallest absolute Gasteiger partial charge is 0.323 e. The van der Waals surface area contributed by atoms with Crippen LogP contribution in [0.25, 0.3) is 0 Å². The molecule has 0 bridgehead atoms. The fourth-order valence-electron chi connectivity index (χ4n) is 3.29. The first-order valence-corrected chi connectivity index (χ1v) is 9.79. The number of aromatic nitrogens is 2. The highest BCUT2D eigenvalue weighted by Crippen LogP contribution is 2.24. The van der Waals surface area contributed by atoms with E-state index in [1.807, 2.05) is 65.4 Å². The number of aliphatic imine (C=N–C) groups is 1. The van der Waals surface area contributed by atoms with Crippen LogP contribution in [-0.2, 0) is 6.54 Å². The van der Waals surface area contributed by atoms with Gasteiger partial charge in [0.05, 0.1) is 18.6 Å². The normalized spacial score (nSPS) is 17.4. The molecule has 3 aromatic rings. The van der Waals surface area contributed by atoms with Gasteiger partial charge in [0.2, 0.25) is 0 Å². The summed E-state index contributed by atoms with van der Waals surface area (Å²) in [7, 11) is 0. The molecular formula is C22H23N5O3. The Bertz CT molecular complexity index is 987. The van der Waals surface area contributed by atoms with Crippen molar-refractivity contribution in [3.05, 3.63) is 73.3 Å². The zero-order valence-corrected chi connectivity index (χ0v) is 16.4. The molecule has 2 heterocycles. The van der Waals surface area contributed by atoms with Crippen molar-refractivity contribution >= 4 is 17.6 Å². The summed E-state index contributed by atoms with van der Waals surface area (Å²) in [5.41, 5.74) is 0.671. The second kappa shape index (κ2) is 9.23. The molecule has 1 unspecified atom stereocenters. The van der Waals surface area contributed by atoms with Crippen molar-refractivity contribution in [3.8, 4) is 11.5 Å². The zero-order valence-electron chi connectivity index (χ0n) is 16.4. The molecular weight excluding hydrogens is 382 g/mol. The number of imidazole rings is 1. The Hall–Kier alpha value is -3.65. The average Bonchev–Trinajstić information content (AvgIpc) is 3.38. The van der Waals surface area contributed by atoms with Crippen molar-refractivity contribution in [2.24, 2.45) is 4.99 Å². The van der Waals surface area contributed by atoms with Crippen molar-refractivity contribution in [1.29, 1.82) is 0 Å². The van der Waals surface area contributed by atoms with Crippen LogP contribution < -0.4 is 10.1 Å². The minimum absolute atomic E-state index is 0.197. The van der Waals surface area contributed by atoms with Crippen molar-refractivity contribution in [2.45, 2.75) is 19.0 Å². The number of nitrogens with zero attached hydrogens (tertiary/aromatic N) is 4. The highest BCUT2D eigenvalue weighted by atomic mass is 16.5. The molecule has 1 aliphatic heterocycles. The Kier molecular flexibility index (Phi) is 6.05. The standard InChI is InChI=1S/C22H23N5O3/c28-15-20-21(25-22(29)27(20)13-4-12-26-14-11-23-16-26)24-17-7-9-19(10-8-17)30-18-5-2-1-3-6-18/h1-3,5-11,14,16,20,28H,4,12-13,15H2,(H,24,25,29). The molecule has 1 saturated heterocycles. The monoisotopic (exact) mass is 405 g/mol. The topological polar surface area (TPSA) is 92.0 Å². The third-order valence-electron chi connectivity index (χ3n) is 4.80. The third-order valence-corrected chi connectivity index (χ3v) is 4.80. The van der Waals surface area contributed by atoms with Crippen LogP contribution in [0.15, 0.2) is 78.3 Å². The molecule has 2 aromatic carbocycles. The summed E-state index contributed by atoms with van der Waals surface area (Å²) in [6.07, 6.45) is 6.09. The first-order chi connectivity index (χ1) is 14.7. The third kappa shape index (κ3) is 4.66. The molecule has 8 nitrogen and oxygen atoms in total. The van der Waals surface area contributed by atoms with Gasteiger partial charge in [0, 0.05) is 25.5 Å². The fraction of sp³-hybridized carbons (Fsp3) is 0.227. The summed E-state index contributed by atoms with van der Waals surface area (Å²) in [6.45, 7) is 1.06. The van der Waals surface area contributed by atoms with E-state index in [0.717, 1.165) is 18.7 Å². The van der Waals surface area contributed by atoms with Gasteiger partial charge < -0.3 is 19.3 Å². The van der Waals surface area contributed by atoms with E-state index in [1.165, 1.54) is 0 Å². The van der Waals surface area contributed by atoms with Gasteiger partial charge in [-0.25, -0.2) is 14.8 Å². The van der Waals surface area contributed by atoms with Crippen LogP contribution in [0.1, 0.15) is 6.42 Å². The van der Waals surface area contributed by atoms with E-state index in [4.69, 9.17) is 4.74 Å². The van der Waals surface area contributed by atoms with Gasteiger partial charge in [-0.15, -0.1) is 0 Å². The summed E-state index contributed by atoms with van der Waals surface area (Å²) < 4.78 is 7.74. The number of amides is 2. The van der Waals surface area contributed by atoms with Crippen molar-refractivity contribution in [1.82, 2.24) is 19.8 Å². The van der Waals surface area contributed by atoms with Crippen LogP contribution >= 0.6 is 0 Å². The molecule has 2 N–H and O–H groups in total. The molecule has 1 aliphatic rings. The summed E-state index contributed by atoms with van der Waals surface area (Å²) in [5, 5.41) is 12.6. The maximum Gasteiger partial charge on any atom is 0.323 e. The van der Waals surface area contributed by atoms with Gasteiger partial charge in [-0.05, 0) is 42.8 Å². The Morgan fingerprint density at radius 3 is 2.53 bits per heavy atom. The molecule has 30 heavy (non-hydrogen) atoms. The number of hydrogen-bond donors (Lipinski definition) is 2. The summed E-state index contributed by atoms with van der Waals surface area (Å²) >= 11 is 0. The molecule has 4 rings (SSSR count). The van der Waals surface area contributed by atoms with Crippen LogP contribution in [0.3, 0.4) is 0 Å². The predicted molar refractivity (Wildman–Crippen MR) is 113 cm³/mol. The van der Waals surface area contributed by atoms with Gasteiger partial charge in [-0.2, -0.15) is 0 Å². The lowest BCUT2D eigenvalue weighted by Crippen LogP contribution is -2.38. The van der Waals surface area contributed by atoms with Gasteiger partial charge in [0.25, 0.3) is 0 Å². The second-order valence-electron chi connectivity index (χ2n) is 6.88. The number of ether oxygens (including phenoxy) is 1. The molecule has 0 radical (unpaired) electrons. The van der Waals surface area contributed by atoms with Gasteiger partial charge in [-0.1, -0.05) is 18.2 Å². The number of rotatable bonds is 8. The lowest BCUT2D eigenvalue weighted by molar-refractivity contribution is 0.174. The van der Waals surface area contributed by atoms with E-state index >= 15 is 0 Å². The Morgan fingerprint density at radius 1 is 1.07 bits per heavy atom. The van der Waals surface area contributed by atoms with Gasteiger partial charge >= 0.3 is 6.03 Å². The van der Waals surface area contributed by atoms with Crippen LogP contribution in [0, 0.1) is 0 Å². The quantitative estimate of drug-likeness (QED) is 0.602. The fourth-order valence-corrected chi connectivity index (χ4v) is 3.29. The van der Waals surface area contributed by atoms with E-state index in [0.29, 0.717) is 23.8 Å². The van der Waals surface area contributed by atoms with Crippen LogP contribution in [0.4, 0.5) is 10.5 Å². The number of aryl methyl sites for hydroxylation is 1. The Morgan fingerprint density at radius 2 is 1.83 bits per heavy atom. The molecule has 154 valence electrons. The maximum absolute atomic E-state index is 12.4. The summed E-state index contributed by atoms with van der Waals surface area (Å²) in [4.78, 5) is 22.5. The zero-order chi connectivity index (χ0) is 20.8. The highest BCUT2D eigenvalue weighted by molar-refractivity contribution is 6.08. The maximum atomic E-state index is 12.4. The number of benzene rings is 2. The van der Waals surface area contributed by atoms with E-state index in [2.05, 4.69) is 15.3 Å². The van der Waals surface area contributed by atoms with Gasteiger partial charge in [0.15, 0.2) is 0 Å². The number of hydrogen-bond acceptors (Lipinski definition) is 5. The first-order valence-electron chi connectivity index (χ1n) is 9.79. The number of carbonyl (C=O) groups excluding carboxylic acids is 1. The van der Waals surface area contributed by atoms with Gasteiger partial charge in [-0.3, -0.25) is 5.32 Å². The lowest BCUT2D eigenvalue weighted by Gasteiger charge is -2.21. The molecule has 1 atom stereocenters. The van der Waals surface area contributed by atoms with E-state index < -0.39 is 6.04 Å². The minimum atomic E-state index is -0.486. The SMILES string of the molecule is O=C1NC(=Nc2ccc(Oc3ccccc3)cc2)C(CO)N1CCCn1ccnc1. The average molecular weight is 405 g/mol. The number of nitrogens with one attached hydrogen (secondary N) is 1. The predicted octanol–water partition coefficient (Wildman–Crippen LogP) is 3.18. The molecule has 0 aliphatic carbocycles. The van der Waals surface area contributed by atoms with Gasteiger partial charge in [0.1, 0.15) is 23.4 Å². The van der Waals surface area contributed by atoms with Crippen LogP contribution in [-0.4, -0.2) is 50.6 Å². The van der Waals surface area contributed by atoms with Crippen LogP contribution in [0.2, 0.25) is 0 Å². The largest absolute Gasteiger partial charge is 0.457 e. The molecule has 1 fully saturated rings. The Labute approximate surface area is 174 Å². The highest BCUT2D eigenvalue weighted by Gasteiger charge is 2.35. The number of amidine groups is 1. The molecule has 1 aromatic heterocycles. The first kappa shape index (κ1) is 19.7. The molecule has 2 amide bonds. The number of para-hydroxylation sites is 1. The molecule has 8 heteroatoms. The Balaban J connectivity index is 1.40. The summed E-state index contributed by atoms with van der Waals surface area (Å²) in [5.74, 6) is 1.90. The number of carbonyl (C=O) groups is 1.